The third kappa shape index (κ3) is 7.10. The van der Waals surface area contributed by atoms with Gasteiger partial charge in [-0.15, -0.1) is 0 Å². The zero-order valence-electron chi connectivity index (χ0n) is 17.5. The van der Waals surface area contributed by atoms with Gasteiger partial charge >= 0.3 is 5.97 Å². The van der Waals surface area contributed by atoms with E-state index in [9.17, 15) is 24.6 Å². The number of nitrogens with one attached hydrogen (secondary N) is 3. The molecule has 0 bridgehead atoms. The molecule has 0 saturated carbocycles. The highest BCUT2D eigenvalue weighted by Gasteiger charge is 2.29. The number of hydrogen-bond donors (Lipinski definition) is 6. The molecule has 1 aromatic carbocycles. The molecule has 4 unspecified atom stereocenters. The molecular formula is C21H29N5O5. The molecule has 2 aromatic rings. The number of H-pyrrole nitrogens is 1. The molecular weight excluding hydrogens is 402 g/mol. The molecule has 0 saturated heterocycles. The Kier molecular flexibility index (Phi) is 8.56. The highest BCUT2D eigenvalue weighted by atomic mass is 16.4. The predicted octanol–water partition coefficient (Wildman–Crippen LogP) is 0.328. The Bertz CT molecular complexity index is 869. The molecule has 2 rings (SSSR count). The number of carbonyl (C=O) groups is 3. The van der Waals surface area contributed by atoms with Gasteiger partial charge in [0.15, 0.2) is 0 Å². The van der Waals surface area contributed by atoms with Gasteiger partial charge in [-0.25, -0.2) is 9.78 Å². The van der Waals surface area contributed by atoms with Gasteiger partial charge in [0.25, 0.3) is 0 Å². The molecule has 7 N–H and O–H groups in total. The van der Waals surface area contributed by atoms with Crippen LogP contribution in [0.2, 0.25) is 0 Å². The molecule has 0 radical (unpaired) electrons. The number of imidazole rings is 1. The summed E-state index contributed by atoms with van der Waals surface area (Å²) in [6.07, 6.45) is 3.69. The summed E-state index contributed by atoms with van der Waals surface area (Å²) in [5.41, 5.74) is 7.21. The molecule has 1 heterocycles. The Morgan fingerprint density at radius 1 is 1.10 bits per heavy atom. The van der Waals surface area contributed by atoms with Gasteiger partial charge in [0, 0.05) is 24.7 Å². The van der Waals surface area contributed by atoms with Crippen molar-refractivity contribution in [1.82, 2.24) is 20.6 Å². The maximum atomic E-state index is 13.0. The first-order valence-corrected chi connectivity index (χ1v) is 10.1. The number of hydrogen-bond acceptors (Lipinski definition) is 6. The first kappa shape index (κ1) is 23.9. The minimum atomic E-state index is -1.21. The monoisotopic (exact) mass is 431 g/mol. The van der Waals surface area contributed by atoms with Crippen LogP contribution in [0.4, 0.5) is 0 Å². The minimum absolute atomic E-state index is 0.00727. The second-order valence-corrected chi connectivity index (χ2v) is 7.52. The van der Waals surface area contributed by atoms with E-state index in [0.717, 1.165) is 0 Å². The molecule has 0 spiro atoms. The lowest BCUT2D eigenvalue weighted by atomic mass is 9.98. The van der Waals surface area contributed by atoms with Gasteiger partial charge in [0.05, 0.1) is 12.4 Å². The molecule has 10 nitrogen and oxygen atoms in total. The van der Waals surface area contributed by atoms with E-state index in [-0.39, 0.29) is 24.5 Å². The van der Waals surface area contributed by atoms with Crippen molar-refractivity contribution < 1.29 is 24.6 Å². The fourth-order valence-corrected chi connectivity index (χ4v) is 2.95. The lowest BCUT2D eigenvalue weighted by molar-refractivity contribution is -0.142. The van der Waals surface area contributed by atoms with Crippen molar-refractivity contribution in [2.45, 2.75) is 51.2 Å². The van der Waals surface area contributed by atoms with E-state index in [1.807, 2.05) is 13.8 Å². The number of phenols is 1. The van der Waals surface area contributed by atoms with Gasteiger partial charge in [-0.3, -0.25) is 9.59 Å². The molecule has 1 aromatic heterocycles. The van der Waals surface area contributed by atoms with Crippen LogP contribution in [0.25, 0.3) is 0 Å². The standard InChI is InChI=1S/C21H29N5O5/c1-3-12(2)18(22)20(29)25-16(8-13-4-6-15(27)7-5-13)19(28)26-17(21(30)31)9-14-10-23-11-24-14/h4-7,10-12,16-18,27H,3,8-9,22H2,1-2H3,(H,23,24)(H,25,29)(H,26,28)(H,30,31). The average molecular weight is 431 g/mol. The summed E-state index contributed by atoms with van der Waals surface area (Å²) >= 11 is 0. The Morgan fingerprint density at radius 3 is 2.29 bits per heavy atom. The number of carboxylic acids is 1. The summed E-state index contributed by atoms with van der Waals surface area (Å²) in [6, 6.07) is 3.11. The van der Waals surface area contributed by atoms with E-state index in [0.29, 0.717) is 17.7 Å². The number of nitrogens with zero attached hydrogens (tertiary/aromatic N) is 1. The zero-order chi connectivity index (χ0) is 23.0. The number of aliphatic carboxylic acids is 1. The Morgan fingerprint density at radius 2 is 1.74 bits per heavy atom. The van der Waals surface area contributed by atoms with Gasteiger partial charge in [-0.2, -0.15) is 0 Å². The third-order valence-electron chi connectivity index (χ3n) is 5.16. The normalized spacial score (nSPS) is 14.8. The van der Waals surface area contributed by atoms with Crippen LogP contribution in [-0.2, 0) is 27.2 Å². The van der Waals surface area contributed by atoms with Crippen LogP contribution in [0.15, 0.2) is 36.8 Å². The van der Waals surface area contributed by atoms with Crippen LogP contribution in [0.3, 0.4) is 0 Å². The quantitative estimate of drug-likeness (QED) is 0.298. The third-order valence-corrected chi connectivity index (χ3v) is 5.16. The number of carbonyl (C=O) groups excluding carboxylic acids is 2. The molecule has 10 heteroatoms. The topological polar surface area (TPSA) is 170 Å². The Labute approximate surface area is 180 Å². The molecule has 31 heavy (non-hydrogen) atoms. The van der Waals surface area contributed by atoms with E-state index >= 15 is 0 Å². The number of phenolic OH excluding ortho intramolecular Hbond substituents is 1. The molecule has 4 atom stereocenters. The number of benzene rings is 1. The van der Waals surface area contributed by atoms with Crippen molar-refractivity contribution in [2.75, 3.05) is 0 Å². The smallest absolute Gasteiger partial charge is 0.326 e. The summed E-state index contributed by atoms with van der Waals surface area (Å²) in [4.78, 5) is 43.8. The van der Waals surface area contributed by atoms with Crippen molar-refractivity contribution in [1.29, 1.82) is 0 Å². The number of nitrogens with two attached hydrogens (primary N) is 1. The van der Waals surface area contributed by atoms with Gasteiger partial charge in [-0.05, 0) is 23.6 Å². The minimum Gasteiger partial charge on any atom is -0.508 e. The number of aromatic nitrogens is 2. The maximum absolute atomic E-state index is 13.0. The van der Waals surface area contributed by atoms with Crippen molar-refractivity contribution in [2.24, 2.45) is 11.7 Å². The summed E-state index contributed by atoms with van der Waals surface area (Å²) in [5, 5.41) is 24.1. The van der Waals surface area contributed by atoms with Gasteiger partial charge < -0.3 is 31.6 Å². The molecule has 0 fully saturated rings. The van der Waals surface area contributed by atoms with Gasteiger partial charge in [0.2, 0.25) is 11.8 Å². The van der Waals surface area contributed by atoms with E-state index < -0.39 is 35.9 Å². The molecule has 0 aliphatic heterocycles. The SMILES string of the molecule is CCC(C)C(N)C(=O)NC(Cc1ccc(O)cc1)C(=O)NC(Cc1cnc[nH]1)C(=O)O. The predicted molar refractivity (Wildman–Crippen MR) is 113 cm³/mol. The highest BCUT2D eigenvalue weighted by Crippen LogP contribution is 2.13. The van der Waals surface area contributed by atoms with Gasteiger partial charge in [0.1, 0.15) is 17.8 Å². The lowest BCUT2D eigenvalue weighted by Gasteiger charge is -2.24. The van der Waals surface area contributed by atoms with Crippen LogP contribution < -0.4 is 16.4 Å². The number of aromatic hydroxyl groups is 1. The second-order valence-electron chi connectivity index (χ2n) is 7.52. The highest BCUT2D eigenvalue weighted by molar-refractivity contribution is 5.92. The fraction of sp³-hybridized carbons (Fsp3) is 0.429. The lowest BCUT2D eigenvalue weighted by Crippen LogP contribution is -2.56. The molecule has 0 aliphatic rings. The Hall–Kier alpha value is -3.40. The van der Waals surface area contributed by atoms with Crippen molar-refractivity contribution in [3.63, 3.8) is 0 Å². The van der Waals surface area contributed by atoms with Crippen LogP contribution in [0.1, 0.15) is 31.5 Å². The van der Waals surface area contributed by atoms with E-state index in [1.54, 1.807) is 12.1 Å². The summed E-state index contributed by atoms with van der Waals surface area (Å²) in [7, 11) is 0. The summed E-state index contributed by atoms with van der Waals surface area (Å²) in [5.74, 6) is -2.38. The van der Waals surface area contributed by atoms with Crippen molar-refractivity contribution in [3.05, 3.63) is 48.0 Å². The van der Waals surface area contributed by atoms with Crippen LogP contribution in [-0.4, -0.2) is 56.1 Å². The number of carboxylic acid groups (broad SMARTS) is 1. The van der Waals surface area contributed by atoms with Crippen molar-refractivity contribution >= 4 is 17.8 Å². The summed E-state index contributed by atoms with van der Waals surface area (Å²) in [6.45, 7) is 3.75. The number of amides is 2. The Balaban J connectivity index is 2.18. The largest absolute Gasteiger partial charge is 0.508 e. The fourth-order valence-electron chi connectivity index (χ4n) is 2.95. The van der Waals surface area contributed by atoms with Crippen LogP contribution in [0.5, 0.6) is 5.75 Å². The van der Waals surface area contributed by atoms with E-state index in [1.165, 1.54) is 24.7 Å². The second kappa shape index (κ2) is 11.1. The molecule has 2 amide bonds. The average Bonchev–Trinajstić information content (AvgIpc) is 3.26. The first-order valence-electron chi connectivity index (χ1n) is 10.1. The number of rotatable bonds is 11. The zero-order valence-corrected chi connectivity index (χ0v) is 17.5. The first-order chi connectivity index (χ1) is 14.7. The van der Waals surface area contributed by atoms with E-state index in [4.69, 9.17) is 5.73 Å². The summed E-state index contributed by atoms with van der Waals surface area (Å²) < 4.78 is 0. The molecule has 168 valence electrons. The molecule has 0 aliphatic carbocycles. The van der Waals surface area contributed by atoms with Crippen LogP contribution in [0, 0.1) is 5.92 Å². The van der Waals surface area contributed by atoms with E-state index in [2.05, 4.69) is 20.6 Å². The van der Waals surface area contributed by atoms with Crippen LogP contribution >= 0.6 is 0 Å². The van der Waals surface area contributed by atoms with Crippen molar-refractivity contribution in [3.8, 4) is 5.75 Å². The number of aromatic amines is 1. The van der Waals surface area contributed by atoms with Gasteiger partial charge in [-0.1, -0.05) is 32.4 Å². The maximum Gasteiger partial charge on any atom is 0.326 e.